The summed E-state index contributed by atoms with van der Waals surface area (Å²) < 4.78 is 20.8. The van der Waals surface area contributed by atoms with E-state index < -0.39 is 43.8 Å². The van der Waals surface area contributed by atoms with Crippen LogP contribution in [0.2, 0.25) is 0 Å². The standard InChI is InChI=1S/C9H16O7/c1-4-14-8-6(12)7(16-9(8)15-4)5(2-10)13-3-11/h4-12H,2-3H2,1H3. The first kappa shape index (κ1) is 12.2. The van der Waals surface area contributed by atoms with Crippen LogP contribution in [0, 0.1) is 0 Å². The number of aliphatic hydroxyl groups is 3. The summed E-state index contributed by atoms with van der Waals surface area (Å²) in [6.45, 7) is 0.791. The maximum atomic E-state index is 9.90. The van der Waals surface area contributed by atoms with E-state index in [0.29, 0.717) is 0 Å². The summed E-state index contributed by atoms with van der Waals surface area (Å²) in [5.41, 5.74) is 0. The Bertz CT molecular complexity index is 236. The molecule has 6 atom stereocenters. The highest BCUT2D eigenvalue weighted by Gasteiger charge is 2.53. The topological polar surface area (TPSA) is 97.6 Å². The van der Waals surface area contributed by atoms with Gasteiger partial charge in [-0.15, -0.1) is 0 Å². The molecular formula is C9H16O7. The van der Waals surface area contributed by atoms with Gasteiger partial charge in [-0.25, -0.2) is 0 Å². The molecule has 2 fully saturated rings. The average Bonchev–Trinajstić information content (AvgIpc) is 2.75. The third-order valence-electron chi connectivity index (χ3n) is 2.74. The van der Waals surface area contributed by atoms with Gasteiger partial charge in [0.1, 0.15) is 31.2 Å². The van der Waals surface area contributed by atoms with E-state index in [1.807, 2.05) is 0 Å². The molecule has 0 bridgehead atoms. The summed E-state index contributed by atoms with van der Waals surface area (Å²) in [7, 11) is 0. The zero-order valence-electron chi connectivity index (χ0n) is 8.85. The van der Waals surface area contributed by atoms with Crippen molar-refractivity contribution in [2.45, 2.75) is 43.9 Å². The van der Waals surface area contributed by atoms with Crippen LogP contribution in [0.25, 0.3) is 0 Å². The molecule has 3 N–H and O–H groups in total. The van der Waals surface area contributed by atoms with Crippen molar-refractivity contribution < 1.29 is 34.3 Å². The predicted molar refractivity (Wildman–Crippen MR) is 49.1 cm³/mol. The van der Waals surface area contributed by atoms with E-state index in [2.05, 4.69) is 0 Å². The Morgan fingerprint density at radius 2 is 2.00 bits per heavy atom. The predicted octanol–water partition coefficient (Wildman–Crippen LogP) is -1.84. The molecule has 0 saturated carbocycles. The number of fused-ring (bicyclic) bond motifs is 1. The van der Waals surface area contributed by atoms with Gasteiger partial charge in [0.05, 0.1) is 6.61 Å². The van der Waals surface area contributed by atoms with Gasteiger partial charge in [0.2, 0.25) is 0 Å². The van der Waals surface area contributed by atoms with Crippen molar-refractivity contribution in [1.29, 1.82) is 0 Å². The molecular weight excluding hydrogens is 220 g/mol. The zero-order chi connectivity index (χ0) is 11.7. The molecule has 0 aromatic rings. The van der Waals surface area contributed by atoms with Crippen LogP contribution in [-0.4, -0.2) is 65.7 Å². The minimum absolute atomic E-state index is 0.364. The highest BCUT2D eigenvalue weighted by atomic mass is 16.8. The Labute approximate surface area is 92.5 Å². The number of hydrogen-bond acceptors (Lipinski definition) is 7. The maximum absolute atomic E-state index is 9.90. The van der Waals surface area contributed by atoms with Crippen molar-refractivity contribution in [3.8, 4) is 0 Å². The zero-order valence-corrected chi connectivity index (χ0v) is 8.85. The second-order valence-corrected chi connectivity index (χ2v) is 3.78. The molecule has 2 saturated heterocycles. The Kier molecular flexibility index (Phi) is 3.75. The Hall–Kier alpha value is -0.280. The van der Waals surface area contributed by atoms with Gasteiger partial charge >= 0.3 is 0 Å². The third kappa shape index (κ3) is 2.07. The fourth-order valence-electron chi connectivity index (χ4n) is 2.01. The van der Waals surface area contributed by atoms with Gasteiger partial charge in [-0.3, -0.25) is 0 Å². The molecule has 6 unspecified atom stereocenters. The molecule has 7 heteroatoms. The van der Waals surface area contributed by atoms with Crippen molar-refractivity contribution in [2.75, 3.05) is 13.4 Å². The average molecular weight is 236 g/mol. The van der Waals surface area contributed by atoms with Crippen LogP contribution < -0.4 is 0 Å². The molecule has 0 spiro atoms. The lowest BCUT2D eigenvalue weighted by molar-refractivity contribution is -0.202. The lowest BCUT2D eigenvalue weighted by Gasteiger charge is -2.24. The lowest BCUT2D eigenvalue weighted by Crippen LogP contribution is -2.43. The minimum Gasteiger partial charge on any atom is -0.394 e. The second-order valence-electron chi connectivity index (χ2n) is 3.78. The van der Waals surface area contributed by atoms with Crippen molar-refractivity contribution >= 4 is 0 Å². The van der Waals surface area contributed by atoms with Crippen LogP contribution in [0.5, 0.6) is 0 Å². The summed E-state index contributed by atoms with van der Waals surface area (Å²) in [5.74, 6) is 0. The van der Waals surface area contributed by atoms with E-state index in [-0.39, 0.29) is 6.61 Å². The Morgan fingerprint density at radius 3 is 2.56 bits per heavy atom. The lowest BCUT2D eigenvalue weighted by atomic mass is 10.1. The van der Waals surface area contributed by atoms with Crippen LogP contribution in [0.3, 0.4) is 0 Å². The first-order valence-corrected chi connectivity index (χ1v) is 5.15. The van der Waals surface area contributed by atoms with Crippen LogP contribution in [0.4, 0.5) is 0 Å². The van der Waals surface area contributed by atoms with Gasteiger partial charge in [0.15, 0.2) is 12.6 Å². The maximum Gasteiger partial charge on any atom is 0.190 e. The first-order valence-electron chi connectivity index (χ1n) is 5.15. The van der Waals surface area contributed by atoms with E-state index in [0.717, 1.165) is 0 Å². The highest BCUT2D eigenvalue weighted by Crippen LogP contribution is 2.33. The largest absolute Gasteiger partial charge is 0.394 e. The van der Waals surface area contributed by atoms with Crippen molar-refractivity contribution in [2.24, 2.45) is 0 Å². The smallest absolute Gasteiger partial charge is 0.190 e. The molecule has 0 aromatic heterocycles. The monoisotopic (exact) mass is 236 g/mol. The van der Waals surface area contributed by atoms with Gasteiger partial charge in [-0.2, -0.15) is 0 Å². The molecule has 0 aliphatic carbocycles. The number of ether oxygens (including phenoxy) is 4. The molecule has 0 aromatic carbocycles. The summed E-state index contributed by atoms with van der Waals surface area (Å²) in [6.07, 6.45) is -4.15. The van der Waals surface area contributed by atoms with Crippen molar-refractivity contribution in [3.63, 3.8) is 0 Å². The van der Waals surface area contributed by atoms with E-state index in [9.17, 15) is 5.11 Å². The molecule has 94 valence electrons. The quantitative estimate of drug-likeness (QED) is 0.493. The van der Waals surface area contributed by atoms with E-state index in [1.165, 1.54) is 0 Å². The van der Waals surface area contributed by atoms with Crippen molar-refractivity contribution in [3.05, 3.63) is 0 Å². The minimum atomic E-state index is -0.946. The summed E-state index contributed by atoms with van der Waals surface area (Å²) in [4.78, 5) is 0. The molecule has 2 heterocycles. The van der Waals surface area contributed by atoms with Gasteiger partial charge in [0, 0.05) is 0 Å². The number of rotatable bonds is 4. The molecule has 2 aliphatic rings. The molecule has 16 heavy (non-hydrogen) atoms. The highest BCUT2D eigenvalue weighted by molar-refractivity contribution is 4.94. The van der Waals surface area contributed by atoms with Crippen molar-refractivity contribution in [1.82, 2.24) is 0 Å². The Morgan fingerprint density at radius 1 is 1.25 bits per heavy atom. The van der Waals surface area contributed by atoms with Crippen LogP contribution in [0.1, 0.15) is 6.92 Å². The second kappa shape index (κ2) is 4.92. The van der Waals surface area contributed by atoms with E-state index in [1.54, 1.807) is 6.92 Å². The van der Waals surface area contributed by atoms with Gasteiger partial charge in [0.25, 0.3) is 0 Å². The normalized spacial score (nSPS) is 44.6. The number of hydrogen-bond donors (Lipinski definition) is 3. The third-order valence-corrected chi connectivity index (χ3v) is 2.74. The molecule has 2 rings (SSSR count). The van der Waals surface area contributed by atoms with Crippen LogP contribution in [-0.2, 0) is 18.9 Å². The van der Waals surface area contributed by atoms with E-state index >= 15 is 0 Å². The summed E-state index contributed by atoms with van der Waals surface area (Å²) in [5, 5.41) is 27.6. The Balaban J connectivity index is 1.99. The SMILES string of the molecule is CC1OC2OC(C(CO)OCO)C(O)C2O1. The van der Waals surface area contributed by atoms with E-state index in [4.69, 9.17) is 29.2 Å². The summed E-state index contributed by atoms with van der Waals surface area (Å²) >= 11 is 0. The van der Waals surface area contributed by atoms with Gasteiger partial charge in [-0.05, 0) is 6.92 Å². The fourth-order valence-corrected chi connectivity index (χ4v) is 2.01. The van der Waals surface area contributed by atoms with Crippen LogP contribution in [0.15, 0.2) is 0 Å². The molecule has 2 aliphatic heterocycles. The molecule has 0 amide bonds. The fraction of sp³-hybridized carbons (Fsp3) is 1.00. The van der Waals surface area contributed by atoms with Gasteiger partial charge in [-0.1, -0.05) is 0 Å². The molecule has 7 nitrogen and oxygen atoms in total. The number of aliphatic hydroxyl groups excluding tert-OH is 3. The summed E-state index contributed by atoms with van der Waals surface area (Å²) in [6, 6.07) is 0. The first-order chi connectivity index (χ1) is 7.67. The van der Waals surface area contributed by atoms with Crippen LogP contribution >= 0.6 is 0 Å². The molecule has 0 radical (unpaired) electrons. The van der Waals surface area contributed by atoms with Gasteiger partial charge < -0.3 is 34.3 Å².